The Morgan fingerprint density at radius 3 is 3.00 bits per heavy atom. The lowest BCUT2D eigenvalue weighted by Gasteiger charge is -2.25. The van der Waals surface area contributed by atoms with E-state index in [-0.39, 0.29) is 18.4 Å². The molecule has 20 heavy (non-hydrogen) atoms. The minimum atomic E-state index is -0.155. The van der Waals surface area contributed by atoms with Crippen molar-refractivity contribution in [3.05, 3.63) is 29.7 Å². The first kappa shape index (κ1) is 13.0. The van der Waals surface area contributed by atoms with Crippen LogP contribution in [0.1, 0.15) is 30.8 Å². The summed E-state index contributed by atoms with van der Waals surface area (Å²) >= 11 is 0. The monoisotopic (exact) mass is 274 g/mol. The Hall–Kier alpha value is -2.04. The molecule has 2 aliphatic rings. The van der Waals surface area contributed by atoms with Gasteiger partial charge < -0.3 is 14.6 Å². The topological polar surface area (TPSA) is 62.6 Å². The molecule has 0 spiro atoms. The van der Waals surface area contributed by atoms with Gasteiger partial charge >= 0.3 is 0 Å². The molecule has 1 saturated heterocycles. The summed E-state index contributed by atoms with van der Waals surface area (Å²) in [4.78, 5) is 24.7. The molecule has 5 nitrogen and oxygen atoms in total. The van der Waals surface area contributed by atoms with Crippen LogP contribution in [-0.4, -0.2) is 36.3 Å². The maximum absolute atomic E-state index is 11.9. The molecule has 0 radical (unpaired) electrons. The number of carbonyl (C=O) groups excluding carboxylic acids is 2. The summed E-state index contributed by atoms with van der Waals surface area (Å²) in [6.45, 7) is 3.40. The maximum atomic E-state index is 11.9. The highest BCUT2D eigenvalue weighted by Crippen LogP contribution is 2.47. The summed E-state index contributed by atoms with van der Waals surface area (Å²) in [5, 5.41) is 2.69. The summed E-state index contributed by atoms with van der Waals surface area (Å²) in [7, 11) is 0. The molecule has 0 aromatic carbocycles. The summed E-state index contributed by atoms with van der Waals surface area (Å²) < 4.78 is 5.70. The first-order valence-corrected chi connectivity index (χ1v) is 6.97. The van der Waals surface area contributed by atoms with Crippen LogP contribution in [0.3, 0.4) is 0 Å². The summed E-state index contributed by atoms with van der Waals surface area (Å²) in [5.41, 5.74) is 0. The molecule has 2 amide bonds. The second kappa shape index (κ2) is 5.15. The minimum absolute atomic E-state index is 0.110. The average molecular weight is 274 g/mol. The number of nitrogens with one attached hydrogen (secondary N) is 1. The smallest absolute Gasteiger partial charge is 0.247 e. The first-order chi connectivity index (χ1) is 9.63. The first-order valence-electron chi connectivity index (χ1n) is 6.97. The zero-order valence-corrected chi connectivity index (χ0v) is 11.5. The van der Waals surface area contributed by atoms with Crippen LogP contribution in [0, 0.1) is 5.92 Å². The van der Waals surface area contributed by atoms with Gasteiger partial charge in [0.15, 0.2) is 0 Å². The molecule has 0 unspecified atom stereocenters. The molecule has 2 fully saturated rings. The predicted octanol–water partition coefficient (Wildman–Crippen LogP) is 1.37. The van der Waals surface area contributed by atoms with E-state index >= 15 is 0 Å². The van der Waals surface area contributed by atoms with E-state index in [2.05, 4.69) is 12.2 Å². The number of nitrogens with zero attached hydrogens (tertiary/aromatic N) is 1. The lowest BCUT2D eigenvalue weighted by molar-refractivity contribution is -0.134. The van der Waals surface area contributed by atoms with E-state index in [0.717, 1.165) is 5.76 Å². The van der Waals surface area contributed by atoms with Gasteiger partial charge in [-0.25, -0.2) is 0 Å². The SMILES string of the molecule is C[C@@H]1C[C@@H]1c1ccc(/C=C/C(=O)N2CCNC(=O)C2)o1. The van der Waals surface area contributed by atoms with E-state index < -0.39 is 0 Å². The van der Waals surface area contributed by atoms with Gasteiger partial charge in [0.1, 0.15) is 11.5 Å². The van der Waals surface area contributed by atoms with Crippen LogP contribution >= 0.6 is 0 Å². The van der Waals surface area contributed by atoms with Gasteiger partial charge in [-0.1, -0.05) is 6.92 Å². The van der Waals surface area contributed by atoms with Crippen LogP contribution in [0.25, 0.3) is 6.08 Å². The highest BCUT2D eigenvalue weighted by atomic mass is 16.3. The van der Waals surface area contributed by atoms with Crippen LogP contribution in [-0.2, 0) is 9.59 Å². The predicted molar refractivity (Wildman–Crippen MR) is 73.9 cm³/mol. The van der Waals surface area contributed by atoms with Gasteiger partial charge in [-0.15, -0.1) is 0 Å². The van der Waals surface area contributed by atoms with Crippen LogP contribution in [0.4, 0.5) is 0 Å². The number of hydrogen-bond acceptors (Lipinski definition) is 3. The zero-order chi connectivity index (χ0) is 14.1. The Kier molecular flexibility index (Phi) is 3.34. The second-order valence-electron chi connectivity index (χ2n) is 5.50. The number of piperazine rings is 1. The molecular weight excluding hydrogens is 256 g/mol. The van der Waals surface area contributed by atoms with Crippen molar-refractivity contribution in [2.24, 2.45) is 5.92 Å². The maximum Gasteiger partial charge on any atom is 0.247 e. The molecule has 1 aromatic heterocycles. The third-order valence-electron chi connectivity index (χ3n) is 3.86. The molecule has 106 valence electrons. The molecule has 1 aliphatic carbocycles. The van der Waals surface area contributed by atoms with Crippen molar-refractivity contribution in [2.75, 3.05) is 19.6 Å². The lowest BCUT2D eigenvalue weighted by atomic mass is 10.3. The number of rotatable bonds is 3. The van der Waals surface area contributed by atoms with Crippen molar-refractivity contribution in [1.82, 2.24) is 10.2 Å². The molecule has 0 bridgehead atoms. The van der Waals surface area contributed by atoms with Gasteiger partial charge in [0.2, 0.25) is 11.8 Å². The van der Waals surface area contributed by atoms with Crippen molar-refractivity contribution in [1.29, 1.82) is 0 Å². The summed E-state index contributed by atoms with van der Waals surface area (Å²) in [5.74, 6) is 2.67. The van der Waals surface area contributed by atoms with Gasteiger partial charge in [-0.05, 0) is 30.5 Å². The third-order valence-corrected chi connectivity index (χ3v) is 3.86. The fourth-order valence-electron chi connectivity index (χ4n) is 2.46. The van der Waals surface area contributed by atoms with Crippen molar-refractivity contribution < 1.29 is 14.0 Å². The summed E-state index contributed by atoms with van der Waals surface area (Å²) in [6, 6.07) is 3.86. The third kappa shape index (κ3) is 2.76. The molecule has 1 aromatic rings. The fourth-order valence-corrected chi connectivity index (χ4v) is 2.46. The van der Waals surface area contributed by atoms with E-state index in [0.29, 0.717) is 30.7 Å². The van der Waals surface area contributed by atoms with Gasteiger partial charge in [-0.2, -0.15) is 0 Å². The molecule has 1 N–H and O–H groups in total. The van der Waals surface area contributed by atoms with E-state index in [1.807, 2.05) is 12.1 Å². The van der Waals surface area contributed by atoms with Gasteiger partial charge in [0.05, 0.1) is 6.54 Å². The highest BCUT2D eigenvalue weighted by Gasteiger charge is 2.36. The number of furan rings is 1. The number of carbonyl (C=O) groups is 2. The largest absolute Gasteiger partial charge is 0.461 e. The van der Waals surface area contributed by atoms with E-state index in [9.17, 15) is 9.59 Å². The highest BCUT2D eigenvalue weighted by molar-refractivity contribution is 5.94. The average Bonchev–Trinajstić information content (AvgIpc) is 2.99. The number of amides is 2. The minimum Gasteiger partial charge on any atom is -0.461 e. The Bertz CT molecular complexity index is 561. The lowest BCUT2D eigenvalue weighted by Crippen LogP contribution is -2.49. The van der Waals surface area contributed by atoms with Crippen molar-refractivity contribution >= 4 is 17.9 Å². The van der Waals surface area contributed by atoms with Crippen LogP contribution in [0.5, 0.6) is 0 Å². The van der Waals surface area contributed by atoms with E-state index in [4.69, 9.17) is 4.42 Å². The Labute approximate surface area is 117 Å². The van der Waals surface area contributed by atoms with Crippen LogP contribution in [0.2, 0.25) is 0 Å². The van der Waals surface area contributed by atoms with Gasteiger partial charge in [-0.3, -0.25) is 9.59 Å². The molecule has 3 rings (SSSR count). The Morgan fingerprint density at radius 1 is 1.50 bits per heavy atom. The molecule has 2 heterocycles. The number of hydrogen-bond donors (Lipinski definition) is 1. The molecule has 1 aliphatic heterocycles. The quantitative estimate of drug-likeness (QED) is 0.847. The molecule has 5 heteroatoms. The van der Waals surface area contributed by atoms with Crippen LogP contribution < -0.4 is 5.32 Å². The van der Waals surface area contributed by atoms with Crippen molar-refractivity contribution in [3.8, 4) is 0 Å². The van der Waals surface area contributed by atoms with E-state index in [1.165, 1.54) is 17.4 Å². The van der Waals surface area contributed by atoms with Crippen molar-refractivity contribution in [3.63, 3.8) is 0 Å². The molecule has 1 saturated carbocycles. The van der Waals surface area contributed by atoms with Gasteiger partial charge in [0.25, 0.3) is 0 Å². The van der Waals surface area contributed by atoms with Gasteiger partial charge in [0, 0.05) is 25.1 Å². The molecular formula is C15H18N2O3. The van der Waals surface area contributed by atoms with Crippen LogP contribution in [0.15, 0.2) is 22.6 Å². The Balaban J connectivity index is 1.60. The zero-order valence-electron chi connectivity index (χ0n) is 11.5. The second-order valence-corrected chi connectivity index (χ2v) is 5.50. The Morgan fingerprint density at radius 2 is 2.30 bits per heavy atom. The van der Waals surface area contributed by atoms with E-state index in [1.54, 1.807) is 6.08 Å². The standard InChI is InChI=1S/C15H18N2O3/c1-10-8-12(10)13-4-2-11(20-13)3-5-15(19)17-7-6-16-14(18)9-17/h2-5,10,12H,6-9H2,1H3,(H,16,18)/b5-3+/t10-,12+/m1/s1. The fraction of sp³-hybridized carbons (Fsp3) is 0.467. The normalized spacial score (nSPS) is 25.9. The molecule has 2 atom stereocenters. The van der Waals surface area contributed by atoms with Crippen molar-refractivity contribution in [2.45, 2.75) is 19.3 Å². The summed E-state index contributed by atoms with van der Waals surface area (Å²) in [6.07, 6.45) is 4.32.